The predicted octanol–water partition coefficient (Wildman–Crippen LogP) is 1.10. The second kappa shape index (κ2) is 5.03. The summed E-state index contributed by atoms with van der Waals surface area (Å²) in [5.74, 6) is 1.83. The van der Waals surface area contributed by atoms with Crippen LogP contribution in [-0.4, -0.2) is 50.3 Å². The summed E-state index contributed by atoms with van der Waals surface area (Å²) in [6.45, 7) is 7.17. The quantitative estimate of drug-likeness (QED) is 0.777. The molecule has 0 aromatic carbocycles. The van der Waals surface area contributed by atoms with E-state index in [4.69, 9.17) is 4.74 Å². The van der Waals surface area contributed by atoms with Gasteiger partial charge in [-0.3, -0.25) is 0 Å². The highest BCUT2D eigenvalue weighted by atomic mass is 16.5. The number of nitrogens with one attached hydrogen (secondary N) is 1. The Morgan fingerprint density at radius 3 is 2.44 bits per heavy atom. The van der Waals surface area contributed by atoms with Gasteiger partial charge in [0, 0.05) is 25.8 Å². The van der Waals surface area contributed by atoms with Crippen LogP contribution in [0.25, 0.3) is 0 Å². The third-order valence-corrected chi connectivity index (χ3v) is 4.67. The summed E-state index contributed by atoms with van der Waals surface area (Å²) < 4.78 is 5.40. The van der Waals surface area contributed by atoms with Crippen molar-refractivity contribution in [2.45, 2.75) is 31.7 Å². The molecule has 4 aliphatic heterocycles. The molecule has 0 aliphatic carbocycles. The van der Waals surface area contributed by atoms with Gasteiger partial charge in [-0.2, -0.15) is 0 Å². The first-order chi connectivity index (χ1) is 7.92. The Hall–Kier alpha value is -0.120. The van der Waals surface area contributed by atoms with Gasteiger partial charge in [0.25, 0.3) is 0 Å². The van der Waals surface area contributed by atoms with Crippen molar-refractivity contribution in [3.63, 3.8) is 0 Å². The average molecular weight is 224 g/mol. The van der Waals surface area contributed by atoms with E-state index in [0.29, 0.717) is 0 Å². The fourth-order valence-electron chi connectivity index (χ4n) is 3.46. The lowest BCUT2D eigenvalue weighted by Gasteiger charge is -2.45. The van der Waals surface area contributed by atoms with Gasteiger partial charge in [-0.25, -0.2) is 0 Å². The van der Waals surface area contributed by atoms with Crippen LogP contribution in [0.3, 0.4) is 0 Å². The minimum atomic E-state index is 0.783. The molecule has 1 N–H and O–H groups in total. The summed E-state index contributed by atoms with van der Waals surface area (Å²) in [6.07, 6.45) is 5.36. The van der Waals surface area contributed by atoms with Crippen LogP contribution >= 0.6 is 0 Å². The highest BCUT2D eigenvalue weighted by Gasteiger charge is 2.33. The standard InChI is InChI=1S/C13H24N2O/c1-5-15-6-2-12(1)13(10-15)14-9-11-3-7-16-8-4-11/h11-14H,1-10H2. The van der Waals surface area contributed by atoms with Crippen molar-refractivity contribution in [1.29, 1.82) is 0 Å². The molecule has 3 nitrogen and oxygen atoms in total. The van der Waals surface area contributed by atoms with Crippen molar-refractivity contribution in [3.8, 4) is 0 Å². The monoisotopic (exact) mass is 224 g/mol. The smallest absolute Gasteiger partial charge is 0.0469 e. The van der Waals surface area contributed by atoms with Crippen LogP contribution in [0.15, 0.2) is 0 Å². The first kappa shape index (κ1) is 11.0. The van der Waals surface area contributed by atoms with Crippen molar-refractivity contribution < 1.29 is 4.74 Å². The summed E-state index contributed by atoms with van der Waals surface area (Å²) in [4.78, 5) is 2.63. The highest BCUT2D eigenvalue weighted by molar-refractivity contribution is 4.91. The Morgan fingerprint density at radius 1 is 1.06 bits per heavy atom. The molecule has 92 valence electrons. The third-order valence-electron chi connectivity index (χ3n) is 4.67. The molecule has 0 radical (unpaired) electrons. The minimum Gasteiger partial charge on any atom is -0.381 e. The molecular formula is C13H24N2O. The maximum Gasteiger partial charge on any atom is 0.0469 e. The Labute approximate surface area is 98.5 Å². The SMILES string of the molecule is C1CC(CNC2CN3CCC2CC3)CCO1. The summed E-state index contributed by atoms with van der Waals surface area (Å²) in [7, 11) is 0. The Morgan fingerprint density at radius 2 is 1.81 bits per heavy atom. The second-order valence-electron chi connectivity index (χ2n) is 5.71. The van der Waals surface area contributed by atoms with E-state index in [1.165, 1.54) is 51.9 Å². The van der Waals surface area contributed by atoms with E-state index in [9.17, 15) is 0 Å². The minimum absolute atomic E-state index is 0.783. The fourth-order valence-corrected chi connectivity index (χ4v) is 3.46. The molecule has 4 saturated heterocycles. The molecule has 3 heteroatoms. The Kier molecular flexibility index (Phi) is 3.46. The van der Waals surface area contributed by atoms with Crippen LogP contribution in [0.1, 0.15) is 25.7 Å². The predicted molar refractivity (Wildman–Crippen MR) is 64.5 cm³/mol. The molecule has 0 amide bonds. The van der Waals surface area contributed by atoms with Gasteiger partial charge in [0.15, 0.2) is 0 Å². The number of hydrogen-bond donors (Lipinski definition) is 1. The van der Waals surface area contributed by atoms with E-state index in [0.717, 1.165) is 31.1 Å². The molecular weight excluding hydrogens is 200 g/mol. The van der Waals surface area contributed by atoms with Crippen LogP contribution in [0.4, 0.5) is 0 Å². The number of fused-ring (bicyclic) bond motifs is 3. The molecule has 4 aliphatic rings. The molecule has 4 fully saturated rings. The van der Waals surface area contributed by atoms with Crippen LogP contribution in [0.5, 0.6) is 0 Å². The number of nitrogens with zero attached hydrogens (tertiary/aromatic N) is 1. The topological polar surface area (TPSA) is 24.5 Å². The summed E-state index contributed by atoms with van der Waals surface area (Å²) in [6, 6.07) is 0.783. The van der Waals surface area contributed by atoms with Crippen LogP contribution in [0.2, 0.25) is 0 Å². The largest absolute Gasteiger partial charge is 0.381 e. The van der Waals surface area contributed by atoms with Gasteiger partial charge in [-0.05, 0) is 57.2 Å². The van der Waals surface area contributed by atoms with Crippen molar-refractivity contribution in [2.75, 3.05) is 39.4 Å². The number of ether oxygens (including phenoxy) is 1. The van der Waals surface area contributed by atoms with E-state index in [2.05, 4.69) is 10.2 Å². The maximum absolute atomic E-state index is 5.40. The van der Waals surface area contributed by atoms with Crippen LogP contribution in [0, 0.1) is 11.8 Å². The lowest BCUT2D eigenvalue weighted by molar-refractivity contribution is 0.0502. The van der Waals surface area contributed by atoms with Crippen molar-refractivity contribution in [1.82, 2.24) is 10.2 Å². The van der Waals surface area contributed by atoms with E-state index < -0.39 is 0 Å². The first-order valence-corrected chi connectivity index (χ1v) is 6.95. The Bertz CT molecular complexity index is 220. The van der Waals surface area contributed by atoms with Crippen molar-refractivity contribution in [2.24, 2.45) is 11.8 Å². The molecule has 4 rings (SSSR count). The number of piperidine rings is 3. The van der Waals surface area contributed by atoms with E-state index in [-0.39, 0.29) is 0 Å². The third kappa shape index (κ3) is 2.41. The second-order valence-corrected chi connectivity index (χ2v) is 5.71. The molecule has 1 atom stereocenters. The lowest BCUT2D eigenvalue weighted by Crippen LogP contribution is -2.56. The zero-order valence-corrected chi connectivity index (χ0v) is 10.2. The van der Waals surface area contributed by atoms with Crippen molar-refractivity contribution in [3.05, 3.63) is 0 Å². The normalized spacial score (nSPS) is 40.1. The molecule has 0 saturated carbocycles. The molecule has 16 heavy (non-hydrogen) atoms. The van der Waals surface area contributed by atoms with Crippen molar-refractivity contribution >= 4 is 0 Å². The van der Waals surface area contributed by atoms with E-state index in [1.807, 2.05) is 0 Å². The maximum atomic E-state index is 5.40. The first-order valence-electron chi connectivity index (χ1n) is 6.95. The number of rotatable bonds is 3. The van der Waals surface area contributed by atoms with Gasteiger partial charge < -0.3 is 15.0 Å². The van der Waals surface area contributed by atoms with Gasteiger partial charge in [0.05, 0.1) is 0 Å². The molecule has 0 aromatic heterocycles. The summed E-state index contributed by atoms with van der Waals surface area (Å²) in [5, 5.41) is 3.83. The van der Waals surface area contributed by atoms with E-state index in [1.54, 1.807) is 0 Å². The summed E-state index contributed by atoms with van der Waals surface area (Å²) in [5.41, 5.74) is 0. The van der Waals surface area contributed by atoms with Crippen LogP contribution < -0.4 is 5.32 Å². The molecule has 2 bridgehead atoms. The zero-order chi connectivity index (χ0) is 10.8. The average Bonchev–Trinajstić information content (AvgIpc) is 2.39. The fraction of sp³-hybridized carbons (Fsp3) is 1.00. The highest BCUT2D eigenvalue weighted by Crippen LogP contribution is 2.27. The van der Waals surface area contributed by atoms with Gasteiger partial charge in [0.2, 0.25) is 0 Å². The molecule has 0 spiro atoms. The zero-order valence-electron chi connectivity index (χ0n) is 10.2. The Balaban J connectivity index is 1.44. The summed E-state index contributed by atoms with van der Waals surface area (Å²) >= 11 is 0. The molecule has 0 aromatic rings. The van der Waals surface area contributed by atoms with Gasteiger partial charge >= 0.3 is 0 Å². The van der Waals surface area contributed by atoms with Gasteiger partial charge in [-0.15, -0.1) is 0 Å². The van der Waals surface area contributed by atoms with Gasteiger partial charge in [-0.1, -0.05) is 0 Å². The van der Waals surface area contributed by atoms with E-state index >= 15 is 0 Å². The lowest BCUT2D eigenvalue weighted by atomic mass is 9.83. The molecule has 4 heterocycles. The number of hydrogen-bond acceptors (Lipinski definition) is 3. The van der Waals surface area contributed by atoms with Crippen LogP contribution in [-0.2, 0) is 4.74 Å². The van der Waals surface area contributed by atoms with Gasteiger partial charge in [0.1, 0.15) is 0 Å². The molecule has 1 unspecified atom stereocenters.